The molecule has 24 heavy (non-hydrogen) atoms. The van der Waals surface area contributed by atoms with Crippen LogP contribution in [0.5, 0.6) is 17.2 Å². The van der Waals surface area contributed by atoms with Crippen molar-refractivity contribution >= 4 is 17.7 Å². The minimum atomic E-state index is -0.600. The molecule has 124 valence electrons. The normalized spacial score (nSPS) is 11.7. The van der Waals surface area contributed by atoms with Gasteiger partial charge >= 0.3 is 6.09 Å². The van der Waals surface area contributed by atoms with Crippen molar-refractivity contribution in [3.8, 4) is 17.2 Å². The fourth-order valence-electron chi connectivity index (χ4n) is 2.11. The first-order valence-electron chi connectivity index (χ1n) is 7.41. The van der Waals surface area contributed by atoms with Gasteiger partial charge in [0.1, 0.15) is 5.75 Å². The SMILES string of the molecule is O=C(CCNC(=O)Oc1ccccc1)Nc1ccc2c(c1)OCO2. The van der Waals surface area contributed by atoms with Crippen LogP contribution in [0.25, 0.3) is 0 Å². The molecule has 2 amide bonds. The fraction of sp³-hybridized carbons (Fsp3) is 0.176. The maximum atomic E-state index is 11.9. The number of nitrogens with one attached hydrogen (secondary N) is 2. The number of anilines is 1. The van der Waals surface area contributed by atoms with Gasteiger partial charge in [0.2, 0.25) is 12.7 Å². The van der Waals surface area contributed by atoms with Crippen LogP contribution in [0.15, 0.2) is 48.5 Å². The third kappa shape index (κ3) is 4.16. The summed E-state index contributed by atoms with van der Waals surface area (Å²) in [6, 6.07) is 13.8. The molecule has 0 unspecified atom stereocenters. The van der Waals surface area contributed by atoms with Crippen LogP contribution in [-0.4, -0.2) is 25.3 Å². The van der Waals surface area contributed by atoms with E-state index in [1.165, 1.54) is 0 Å². The van der Waals surface area contributed by atoms with E-state index in [1.807, 2.05) is 6.07 Å². The number of benzene rings is 2. The molecule has 2 aromatic carbocycles. The summed E-state index contributed by atoms with van der Waals surface area (Å²) in [5.74, 6) is 1.46. The molecule has 0 bridgehead atoms. The van der Waals surface area contributed by atoms with Crippen molar-refractivity contribution in [3.63, 3.8) is 0 Å². The monoisotopic (exact) mass is 328 g/mol. The Morgan fingerprint density at radius 3 is 2.67 bits per heavy atom. The topological polar surface area (TPSA) is 85.9 Å². The lowest BCUT2D eigenvalue weighted by Gasteiger charge is -2.08. The van der Waals surface area contributed by atoms with Crippen molar-refractivity contribution in [2.45, 2.75) is 6.42 Å². The van der Waals surface area contributed by atoms with Crippen LogP contribution >= 0.6 is 0 Å². The van der Waals surface area contributed by atoms with Gasteiger partial charge in [-0.15, -0.1) is 0 Å². The molecule has 1 aliphatic rings. The molecule has 1 heterocycles. The van der Waals surface area contributed by atoms with E-state index in [9.17, 15) is 9.59 Å². The van der Waals surface area contributed by atoms with Crippen LogP contribution in [0, 0.1) is 0 Å². The van der Waals surface area contributed by atoms with Gasteiger partial charge in [-0.2, -0.15) is 0 Å². The zero-order chi connectivity index (χ0) is 16.8. The first kappa shape index (κ1) is 15.7. The van der Waals surface area contributed by atoms with Crippen LogP contribution in [0.3, 0.4) is 0 Å². The molecule has 0 saturated heterocycles. The largest absolute Gasteiger partial charge is 0.454 e. The fourth-order valence-corrected chi connectivity index (χ4v) is 2.11. The lowest BCUT2D eigenvalue weighted by molar-refractivity contribution is -0.116. The van der Waals surface area contributed by atoms with E-state index in [0.717, 1.165) is 0 Å². The number of hydrogen-bond acceptors (Lipinski definition) is 5. The molecule has 2 N–H and O–H groups in total. The second-order valence-electron chi connectivity index (χ2n) is 5.00. The van der Waals surface area contributed by atoms with Gasteiger partial charge in [0.05, 0.1) is 0 Å². The second-order valence-corrected chi connectivity index (χ2v) is 5.00. The number of carbonyl (C=O) groups excluding carboxylic acids is 2. The van der Waals surface area contributed by atoms with Gasteiger partial charge in [0, 0.05) is 24.7 Å². The molecule has 0 aliphatic carbocycles. The minimum absolute atomic E-state index is 0.123. The molecule has 0 aromatic heterocycles. The van der Waals surface area contributed by atoms with Crippen molar-refractivity contribution in [3.05, 3.63) is 48.5 Å². The average molecular weight is 328 g/mol. The Morgan fingerprint density at radius 2 is 1.83 bits per heavy atom. The Hall–Kier alpha value is -3.22. The van der Waals surface area contributed by atoms with E-state index in [0.29, 0.717) is 22.9 Å². The molecular weight excluding hydrogens is 312 g/mol. The summed E-state index contributed by atoms with van der Waals surface area (Å²) in [7, 11) is 0. The predicted molar refractivity (Wildman–Crippen MR) is 86.3 cm³/mol. The molecule has 0 atom stereocenters. The van der Waals surface area contributed by atoms with Crippen molar-refractivity contribution in [2.24, 2.45) is 0 Å². The maximum absolute atomic E-state index is 11.9. The highest BCUT2D eigenvalue weighted by atomic mass is 16.7. The zero-order valence-electron chi connectivity index (χ0n) is 12.8. The number of amides is 2. The summed E-state index contributed by atoms with van der Waals surface area (Å²) >= 11 is 0. The number of fused-ring (bicyclic) bond motifs is 1. The molecule has 0 radical (unpaired) electrons. The van der Waals surface area contributed by atoms with Gasteiger partial charge in [-0.1, -0.05) is 18.2 Å². The third-order valence-corrected chi connectivity index (χ3v) is 3.23. The van der Waals surface area contributed by atoms with Crippen molar-refractivity contribution in [1.29, 1.82) is 0 Å². The van der Waals surface area contributed by atoms with Crippen LogP contribution in [0.2, 0.25) is 0 Å². The third-order valence-electron chi connectivity index (χ3n) is 3.23. The lowest BCUT2D eigenvalue weighted by Crippen LogP contribution is -2.30. The predicted octanol–water partition coefficient (Wildman–Crippen LogP) is 2.53. The Kier molecular flexibility index (Phi) is 4.81. The molecule has 0 fully saturated rings. The van der Waals surface area contributed by atoms with Gasteiger partial charge in [-0.3, -0.25) is 4.79 Å². The molecule has 3 rings (SSSR count). The first-order chi connectivity index (χ1) is 11.7. The highest BCUT2D eigenvalue weighted by Crippen LogP contribution is 2.34. The smallest absolute Gasteiger partial charge is 0.412 e. The number of carbonyl (C=O) groups is 2. The van der Waals surface area contributed by atoms with E-state index in [2.05, 4.69) is 10.6 Å². The molecular formula is C17H16N2O5. The molecule has 1 aliphatic heterocycles. The maximum Gasteiger partial charge on any atom is 0.412 e. The number of hydrogen-bond donors (Lipinski definition) is 2. The van der Waals surface area contributed by atoms with E-state index < -0.39 is 6.09 Å². The average Bonchev–Trinajstić information content (AvgIpc) is 3.03. The second kappa shape index (κ2) is 7.36. The number of para-hydroxylation sites is 1. The Morgan fingerprint density at radius 1 is 1.04 bits per heavy atom. The Bertz CT molecular complexity index is 733. The van der Waals surface area contributed by atoms with Gasteiger partial charge in [-0.05, 0) is 24.3 Å². The van der Waals surface area contributed by atoms with Crippen LogP contribution in [0.4, 0.5) is 10.5 Å². The highest BCUT2D eigenvalue weighted by molar-refractivity contribution is 5.91. The number of rotatable bonds is 5. The van der Waals surface area contributed by atoms with E-state index in [-0.39, 0.29) is 25.7 Å². The van der Waals surface area contributed by atoms with Crippen LogP contribution < -0.4 is 24.8 Å². The molecule has 7 heteroatoms. The van der Waals surface area contributed by atoms with Crippen molar-refractivity contribution in [2.75, 3.05) is 18.7 Å². The summed E-state index contributed by atoms with van der Waals surface area (Å²) in [6.45, 7) is 0.349. The van der Waals surface area contributed by atoms with Crippen molar-refractivity contribution in [1.82, 2.24) is 5.32 Å². The summed E-state index contributed by atoms with van der Waals surface area (Å²) in [6.07, 6.45) is -0.477. The van der Waals surface area contributed by atoms with E-state index in [1.54, 1.807) is 42.5 Å². The molecule has 0 saturated carbocycles. The van der Waals surface area contributed by atoms with E-state index in [4.69, 9.17) is 14.2 Å². The standard InChI is InChI=1S/C17H16N2O5/c20-16(19-12-6-7-14-15(10-12)23-11-22-14)8-9-18-17(21)24-13-4-2-1-3-5-13/h1-7,10H,8-9,11H2,(H,18,21)(H,19,20). The van der Waals surface area contributed by atoms with Crippen LogP contribution in [0.1, 0.15) is 6.42 Å². The quantitative estimate of drug-likeness (QED) is 0.881. The Labute approximate surface area is 138 Å². The molecule has 0 spiro atoms. The van der Waals surface area contributed by atoms with Gasteiger partial charge in [-0.25, -0.2) is 4.79 Å². The summed E-state index contributed by atoms with van der Waals surface area (Å²) in [5, 5.41) is 5.25. The summed E-state index contributed by atoms with van der Waals surface area (Å²) in [5.41, 5.74) is 0.608. The lowest BCUT2D eigenvalue weighted by atomic mass is 10.2. The highest BCUT2D eigenvalue weighted by Gasteiger charge is 2.14. The summed E-state index contributed by atoms with van der Waals surface area (Å²) in [4.78, 5) is 23.5. The van der Waals surface area contributed by atoms with E-state index >= 15 is 0 Å². The zero-order valence-corrected chi connectivity index (χ0v) is 12.8. The van der Waals surface area contributed by atoms with Crippen molar-refractivity contribution < 1.29 is 23.8 Å². The van der Waals surface area contributed by atoms with Gasteiger partial charge in [0.25, 0.3) is 0 Å². The minimum Gasteiger partial charge on any atom is -0.454 e. The van der Waals surface area contributed by atoms with Gasteiger partial charge in [0.15, 0.2) is 11.5 Å². The number of ether oxygens (including phenoxy) is 3. The van der Waals surface area contributed by atoms with Gasteiger partial charge < -0.3 is 24.8 Å². The Balaban J connectivity index is 1.40. The molecule has 7 nitrogen and oxygen atoms in total. The first-order valence-corrected chi connectivity index (χ1v) is 7.41. The molecule has 2 aromatic rings. The summed E-state index contributed by atoms with van der Waals surface area (Å²) < 4.78 is 15.5. The van der Waals surface area contributed by atoms with Crippen LogP contribution in [-0.2, 0) is 4.79 Å².